The monoisotopic (exact) mass is 969 g/mol. The Labute approximate surface area is 435 Å². The molecule has 0 unspecified atom stereocenters. The van der Waals surface area contributed by atoms with E-state index < -0.39 is 0 Å². The average Bonchev–Trinajstić information content (AvgIpc) is 3.47. The van der Waals surface area contributed by atoms with E-state index in [0.717, 1.165) is 101 Å². The van der Waals surface area contributed by atoms with Crippen LogP contribution in [-0.2, 0) is 0 Å². The standard InChI is InChI=1S/C68H59NO5/c1-3-71-61-34-24-55(25-35-61)65(51-16-8-4-9-17-51)44-47-72-62-36-26-56(27-37-62)66(52-18-10-5-11-19-52)45-48-73-63-38-28-57(29-39-63)67(53-20-12-6-13-21-53)46-49-74-64-40-30-58(31-41-64)68(54-22-14-7-15-23-54)50-69-59-32-42-60(70-2)43-33-59/h4-46,50,69H,3,47-49H2,1-2H3/b65-44-,66-45-,67-46-,68-50?. The Morgan fingerprint density at radius 3 is 0.892 bits per heavy atom. The van der Waals surface area contributed by atoms with Gasteiger partial charge in [-0.05, 0) is 159 Å². The van der Waals surface area contributed by atoms with Gasteiger partial charge < -0.3 is 29.0 Å². The Hall–Kier alpha value is -9.26. The average molecular weight is 970 g/mol. The molecule has 1 N–H and O–H groups in total. The van der Waals surface area contributed by atoms with Crippen LogP contribution in [0.5, 0.6) is 28.7 Å². The largest absolute Gasteiger partial charge is 0.497 e. The molecule has 0 aliphatic rings. The molecule has 9 aromatic rings. The van der Waals surface area contributed by atoms with E-state index >= 15 is 0 Å². The minimum Gasteiger partial charge on any atom is -0.497 e. The lowest BCUT2D eigenvalue weighted by Gasteiger charge is -2.13. The van der Waals surface area contributed by atoms with E-state index in [-0.39, 0.29) is 0 Å². The summed E-state index contributed by atoms with van der Waals surface area (Å²) in [5.74, 6) is 4.03. The zero-order valence-corrected chi connectivity index (χ0v) is 41.8. The molecule has 366 valence electrons. The highest BCUT2D eigenvalue weighted by molar-refractivity contribution is 5.83. The first-order valence-electron chi connectivity index (χ1n) is 25.0. The van der Waals surface area contributed by atoms with Gasteiger partial charge in [0.15, 0.2) is 0 Å². The fraction of sp³-hybridized carbons (Fsp3) is 0.0882. The van der Waals surface area contributed by atoms with Crippen molar-refractivity contribution < 1.29 is 23.7 Å². The second kappa shape index (κ2) is 25.7. The molecule has 0 aromatic heterocycles. The van der Waals surface area contributed by atoms with Crippen LogP contribution in [0.1, 0.15) is 51.4 Å². The van der Waals surface area contributed by atoms with Crippen LogP contribution in [0, 0.1) is 0 Å². The smallest absolute Gasteiger partial charge is 0.119 e. The van der Waals surface area contributed by atoms with Crippen LogP contribution < -0.4 is 29.0 Å². The summed E-state index contributed by atoms with van der Waals surface area (Å²) in [6, 6.07) is 82.5. The Morgan fingerprint density at radius 2 is 0.581 bits per heavy atom. The second-order valence-electron chi connectivity index (χ2n) is 17.2. The number of methoxy groups -OCH3 is 1. The maximum atomic E-state index is 6.38. The molecule has 0 saturated heterocycles. The molecule has 0 aliphatic heterocycles. The summed E-state index contributed by atoms with van der Waals surface area (Å²) in [5, 5.41) is 3.46. The predicted octanol–water partition coefficient (Wildman–Crippen LogP) is 16.1. The topological polar surface area (TPSA) is 58.2 Å². The number of hydrogen-bond acceptors (Lipinski definition) is 6. The van der Waals surface area contributed by atoms with E-state index in [1.807, 2.05) is 110 Å². The highest BCUT2D eigenvalue weighted by Gasteiger charge is 2.11. The van der Waals surface area contributed by atoms with Crippen molar-refractivity contribution in [1.82, 2.24) is 0 Å². The molecule has 6 nitrogen and oxygen atoms in total. The highest BCUT2D eigenvalue weighted by atomic mass is 16.5. The van der Waals surface area contributed by atoms with Crippen LogP contribution >= 0.6 is 0 Å². The van der Waals surface area contributed by atoms with Gasteiger partial charge in [-0.1, -0.05) is 170 Å². The molecule has 0 amide bonds. The van der Waals surface area contributed by atoms with Crippen LogP contribution in [0.2, 0.25) is 0 Å². The third kappa shape index (κ3) is 13.6. The van der Waals surface area contributed by atoms with Crippen LogP contribution in [0.15, 0.2) is 267 Å². The van der Waals surface area contributed by atoms with E-state index in [4.69, 9.17) is 23.7 Å². The van der Waals surface area contributed by atoms with Gasteiger partial charge in [-0.15, -0.1) is 0 Å². The molecule has 0 aliphatic carbocycles. The number of hydrogen-bond donors (Lipinski definition) is 1. The molecule has 9 aromatic carbocycles. The van der Waals surface area contributed by atoms with Crippen LogP contribution in [-0.4, -0.2) is 33.5 Å². The molecule has 0 saturated carbocycles. The van der Waals surface area contributed by atoms with Crippen LogP contribution in [0.3, 0.4) is 0 Å². The molecule has 0 heterocycles. The second-order valence-corrected chi connectivity index (χ2v) is 17.2. The zero-order valence-electron chi connectivity index (χ0n) is 41.8. The normalized spacial score (nSPS) is 11.9. The fourth-order valence-electron chi connectivity index (χ4n) is 8.61. The Balaban J connectivity index is 0.852. The maximum absolute atomic E-state index is 6.38. The first-order valence-corrected chi connectivity index (χ1v) is 25.0. The number of rotatable bonds is 22. The molecular formula is C68H59NO5. The van der Waals surface area contributed by atoms with Gasteiger partial charge in [-0.3, -0.25) is 0 Å². The van der Waals surface area contributed by atoms with Crippen molar-refractivity contribution in [1.29, 1.82) is 0 Å². The first-order chi connectivity index (χ1) is 36.6. The zero-order chi connectivity index (χ0) is 50.6. The van der Waals surface area contributed by atoms with Crippen molar-refractivity contribution in [3.8, 4) is 28.7 Å². The van der Waals surface area contributed by atoms with E-state index in [1.165, 1.54) is 0 Å². The van der Waals surface area contributed by atoms with Gasteiger partial charge in [0.25, 0.3) is 0 Å². The van der Waals surface area contributed by atoms with Gasteiger partial charge in [-0.2, -0.15) is 0 Å². The summed E-state index contributed by atoms with van der Waals surface area (Å²) >= 11 is 0. The molecule has 0 bridgehead atoms. The summed E-state index contributed by atoms with van der Waals surface area (Å²) in [7, 11) is 1.67. The predicted molar refractivity (Wildman–Crippen MR) is 304 cm³/mol. The van der Waals surface area contributed by atoms with E-state index in [1.54, 1.807) is 7.11 Å². The lowest BCUT2D eigenvalue weighted by Crippen LogP contribution is -1.99. The van der Waals surface area contributed by atoms with Crippen molar-refractivity contribution in [2.24, 2.45) is 0 Å². The summed E-state index contributed by atoms with van der Waals surface area (Å²) in [4.78, 5) is 0. The molecule has 0 atom stereocenters. The molecule has 0 radical (unpaired) electrons. The van der Waals surface area contributed by atoms with Crippen molar-refractivity contribution in [3.05, 3.63) is 312 Å². The highest BCUT2D eigenvalue weighted by Crippen LogP contribution is 2.31. The summed E-state index contributed by atoms with van der Waals surface area (Å²) in [6.45, 7) is 3.81. The summed E-state index contributed by atoms with van der Waals surface area (Å²) in [5.41, 5.74) is 14.0. The van der Waals surface area contributed by atoms with Gasteiger partial charge >= 0.3 is 0 Å². The molecule has 0 spiro atoms. The van der Waals surface area contributed by atoms with Gasteiger partial charge in [0.2, 0.25) is 0 Å². The molecule has 74 heavy (non-hydrogen) atoms. The minimum absolute atomic E-state index is 0.385. The van der Waals surface area contributed by atoms with Crippen LogP contribution in [0.25, 0.3) is 22.3 Å². The molecule has 9 rings (SSSR count). The number of benzene rings is 9. The van der Waals surface area contributed by atoms with Crippen molar-refractivity contribution in [3.63, 3.8) is 0 Å². The Bertz CT molecular complexity index is 3260. The Kier molecular flexibility index (Phi) is 17.3. The molecular weight excluding hydrogens is 911 g/mol. The van der Waals surface area contributed by atoms with Gasteiger partial charge in [0, 0.05) is 17.5 Å². The maximum Gasteiger partial charge on any atom is 0.119 e. The fourth-order valence-corrected chi connectivity index (χ4v) is 8.61. The van der Waals surface area contributed by atoms with Crippen molar-refractivity contribution in [2.45, 2.75) is 6.92 Å². The molecule has 0 fully saturated rings. The van der Waals surface area contributed by atoms with Crippen LogP contribution in [0.4, 0.5) is 5.69 Å². The van der Waals surface area contributed by atoms with Crippen molar-refractivity contribution in [2.75, 3.05) is 38.9 Å². The minimum atomic E-state index is 0.385. The van der Waals surface area contributed by atoms with Crippen molar-refractivity contribution >= 4 is 28.0 Å². The lowest BCUT2D eigenvalue weighted by atomic mass is 9.97. The van der Waals surface area contributed by atoms with E-state index in [0.29, 0.717) is 26.4 Å². The van der Waals surface area contributed by atoms with Gasteiger partial charge in [0.05, 0.1) is 13.7 Å². The summed E-state index contributed by atoms with van der Waals surface area (Å²) < 4.78 is 30.1. The Morgan fingerprint density at radius 1 is 0.311 bits per heavy atom. The number of nitrogens with one attached hydrogen (secondary N) is 1. The quantitative estimate of drug-likeness (QED) is 0.0730. The van der Waals surface area contributed by atoms with E-state index in [9.17, 15) is 0 Å². The number of anilines is 1. The lowest BCUT2D eigenvalue weighted by molar-refractivity contribution is 0.340. The first kappa shape index (κ1) is 49.7. The summed E-state index contributed by atoms with van der Waals surface area (Å²) in [6.07, 6.45) is 8.46. The van der Waals surface area contributed by atoms with Gasteiger partial charge in [0.1, 0.15) is 48.6 Å². The molecule has 6 heteroatoms. The van der Waals surface area contributed by atoms with E-state index in [2.05, 4.69) is 169 Å². The number of ether oxygens (including phenoxy) is 5. The van der Waals surface area contributed by atoms with Gasteiger partial charge in [-0.25, -0.2) is 0 Å². The SMILES string of the molecule is CCOc1ccc(/C(=C\COc2ccc(/C(=C\COc3ccc(/C(=C\COc4ccc(C(=CNc5ccc(OC)cc5)c5ccccc5)cc4)c4ccccc4)cc3)c3ccccc3)cc2)c2ccccc2)cc1. The third-order valence-electron chi connectivity index (χ3n) is 12.4. The third-order valence-corrected chi connectivity index (χ3v) is 12.4.